The van der Waals surface area contributed by atoms with E-state index in [1.165, 1.54) is 5.56 Å². The zero-order valence-corrected chi connectivity index (χ0v) is 13.7. The first-order valence-corrected chi connectivity index (χ1v) is 7.67. The summed E-state index contributed by atoms with van der Waals surface area (Å²) in [6.45, 7) is 1.40. The van der Waals surface area contributed by atoms with Gasteiger partial charge in [-0.25, -0.2) is 0 Å². The summed E-state index contributed by atoms with van der Waals surface area (Å²) in [4.78, 5) is 2.24. The van der Waals surface area contributed by atoms with Crippen LogP contribution in [0.2, 0.25) is 5.02 Å². The van der Waals surface area contributed by atoms with E-state index in [-0.39, 0.29) is 6.04 Å². The molecule has 2 aromatic rings. The Morgan fingerprint density at radius 2 is 1.95 bits per heavy atom. The van der Waals surface area contributed by atoms with E-state index >= 15 is 0 Å². The van der Waals surface area contributed by atoms with Crippen molar-refractivity contribution in [1.29, 1.82) is 0 Å². The Hall–Kier alpha value is -0.870. The summed E-state index contributed by atoms with van der Waals surface area (Å²) in [6.07, 6.45) is 0. The fraction of sp³-hybridized carbons (Fsp3) is 0.250. The minimum atomic E-state index is 0.160. The van der Waals surface area contributed by atoms with Crippen LogP contribution in [0.1, 0.15) is 17.2 Å². The largest absolute Gasteiger partial charge is 0.329 e. The highest BCUT2D eigenvalue weighted by molar-refractivity contribution is 9.10. The van der Waals surface area contributed by atoms with E-state index < -0.39 is 0 Å². The molecule has 0 saturated heterocycles. The molecule has 0 fully saturated rings. The molecule has 20 heavy (non-hydrogen) atoms. The van der Waals surface area contributed by atoms with Gasteiger partial charge in [-0.3, -0.25) is 4.90 Å². The molecule has 0 spiro atoms. The van der Waals surface area contributed by atoms with Crippen LogP contribution in [-0.2, 0) is 6.54 Å². The molecule has 0 radical (unpaired) electrons. The van der Waals surface area contributed by atoms with Crippen LogP contribution >= 0.6 is 27.5 Å². The van der Waals surface area contributed by atoms with E-state index in [4.69, 9.17) is 17.3 Å². The molecule has 1 unspecified atom stereocenters. The summed E-state index contributed by atoms with van der Waals surface area (Å²) >= 11 is 9.57. The minimum absolute atomic E-state index is 0.160. The van der Waals surface area contributed by atoms with Crippen molar-refractivity contribution in [3.05, 3.63) is 69.2 Å². The molecule has 0 heterocycles. The van der Waals surface area contributed by atoms with Crippen molar-refractivity contribution in [2.45, 2.75) is 12.6 Å². The lowest BCUT2D eigenvalue weighted by molar-refractivity contribution is 0.242. The lowest BCUT2D eigenvalue weighted by Crippen LogP contribution is -2.30. The summed E-state index contributed by atoms with van der Waals surface area (Å²) in [7, 11) is 2.08. The van der Waals surface area contributed by atoms with Gasteiger partial charge in [0.25, 0.3) is 0 Å². The van der Waals surface area contributed by atoms with Crippen molar-refractivity contribution in [3.8, 4) is 0 Å². The number of nitrogens with zero attached hydrogens (tertiary/aromatic N) is 1. The first-order valence-electron chi connectivity index (χ1n) is 6.50. The monoisotopic (exact) mass is 352 g/mol. The summed E-state index contributed by atoms with van der Waals surface area (Å²) in [5.74, 6) is 0. The molecule has 0 aliphatic rings. The van der Waals surface area contributed by atoms with Crippen LogP contribution in [0.15, 0.2) is 53.0 Å². The highest BCUT2D eigenvalue weighted by Gasteiger charge is 2.16. The molecular weight excluding hydrogens is 336 g/mol. The number of benzene rings is 2. The van der Waals surface area contributed by atoms with Gasteiger partial charge in [0.1, 0.15) is 0 Å². The average molecular weight is 354 g/mol. The van der Waals surface area contributed by atoms with E-state index in [1.807, 2.05) is 30.3 Å². The fourth-order valence-electron chi connectivity index (χ4n) is 2.32. The smallest absolute Gasteiger partial charge is 0.0471 e. The van der Waals surface area contributed by atoms with E-state index in [0.717, 1.165) is 21.6 Å². The summed E-state index contributed by atoms with van der Waals surface area (Å²) < 4.78 is 1.09. The second kappa shape index (κ2) is 7.23. The van der Waals surface area contributed by atoms with Gasteiger partial charge in [-0.15, -0.1) is 0 Å². The Morgan fingerprint density at radius 1 is 1.20 bits per heavy atom. The number of likely N-dealkylation sites (N-methyl/N-ethyl adjacent to an activating group) is 1. The number of hydrogen-bond donors (Lipinski definition) is 1. The summed E-state index contributed by atoms with van der Waals surface area (Å²) in [5.41, 5.74) is 8.35. The first-order chi connectivity index (χ1) is 9.60. The third kappa shape index (κ3) is 4.06. The van der Waals surface area contributed by atoms with Gasteiger partial charge in [-0.05, 0) is 42.4 Å². The molecule has 0 aliphatic carbocycles. The Balaban J connectivity index is 2.15. The van der Waals surface area contributed by atoms with Crippen molar-refractivity contribution in [2.75, 3.05) is 13.6 Å². The Labute approximate surface area is 133 Å². The maximum atomic E-state index is 6.07. The second-order valence-corrected chi connectivity index (χ2v) is 6.20. The highest BCUT2D eigenvalue weighted by atomic mass is 79.9. The maximum absolute atomic E-state index is 6.07. The average Bonchev–Trinajstić information content (AvgIpc) is 2.39. The maximum Gasteiger partial charge on any atom is 0.0471 e. The molecule has 0 amide bonds. The van der Waals surface area contributed by atoms with E-state index in [1.54, 1.807) is 0 Å². The first kappa shape index (κ1) is 15.5. The van der Waals surface area contributed by atoms with E-state index in [9.17, 15) is 0 Å². The number of nitrogens with two attached hydrogens (primary N) is 1. The van der Waals surface area contributed by atoms with Crippen molar-refractivity contribution in [1.82, 2.24) is 4.90 Å². The standard InChI is InChI=1S/C16H18BrClN2/c1-20(11-12-4-2-6-14(17)8-12)16(10-19)13-5-3-7-15(18)9-13/h2-9,16H,10-11,19H2,1H3. The lowest BCUT2D eigenvalue weighted by Gasteiger charge is -2.27. The van der Waals surface area contributed by atoms with Gasteiger partial charge in [0.05, 0.1) is 0 Å². The molecule has 2 nitrogen and oxygen atoms in total. The van der Waals surface area contributed by atoms with Crippen LogP contribution in [0.25, 0.3) is 0 Å². The Bertz CT molecular complexity index is 574. The van der Waals surface area contributed by atoms with Gasteiger partial charge in [-0.2, -0.15) is 0 Å². The van der Waals surface area contributed by atoms with Crippen LogP contribution in [0.4, 0.5) is 0 Å². The molecule has 4 heteroatoms. The van der Waals surface area contributed by atoms with Crippen molar-refractivity contribution in [2.24, 2.45) is 5.73 Å². The number of halogens is 2. The van der Waals surface area contributed by atoms with Crippen molar-refractivity contribution < 1.29 is 0 Å². The zero-order chi connectivity index (χ0) is 14.5. The zero-order valence-electron chi connectivity index (χ0n) is 11.4. The molecule has 1 atom stereocenters. The SMILES string of the molecule is CN(Cc1cccc(Br)c1)C(CN)c1cccc(Cl)c1. The second-order valence-electron chi connectivity index (χ2n) is 4.85. The fourth-order valence-corrected chi connectivity index (χ4v) is 2.96. The molecular formula is C16H18BrClN2. The van der Waals surface area contributed by atoms with E-state index in [0.29, 0.717) is 6.54 Å². The molecule has 0 aliphatic heterocycles. The molecule has 0 aromatic heterocycles. The van der Waals surface area contributed by atoms with Crippen molar-refractivity contribution in [3.63, 3.8) is 0 Å². The Kier molecular flexibility index (Phi) is 5.61. The third-order valence-corrected chi connectivity index (χ3v) is 4.04. The number of hydrogen-bond acceptors (Lipinski definition) is 2. The van der Waals surface area contributed by atoms with E-state index in [2.05, 4.69) is 46.1 Å². The molecule has 2 aromatic carbocycles. The van der Waals surface area contributed by atoms with Crippen LogP contribution in [-0.4, -0.2) is 18.5 Å². The van der Waals surface area contributed by atoms with Crippen LogP contribution in [0.3, 0.4) is 0 Å². The third-order valence-electron chi connectivity index (χ3n) is 3.31. The minimum Gasteiger partial charge on any atom is -0.329 e. The molecule has 2 rings (SSSR count). The number of rotatable bonds is 5. The van der Waals surface area contributed by atoms with Crippen LogP contribution < -0.4 is 5.73 Å². The molecule has 2 N–H and O–H groups in total. The van der Waals surface area contributed by atoms with Crippen LogP contribution in [0, 0.1) is 0 Å². The van der Waals surface area contributed by atoms with Gasteiger partial charge in [0.15, 0.2) is 0 Å². The highest BCUT2D eigenvalue weighted by Crippen LogP contribution is 2.23. The summed E-state index contributed by atoms with van der Waals surface area (Å²) in [5, 5.41) is 0.747. The predicted octanol–water partition coefficient (Wildman–Crippen LogP) is 4.23. The molecule has 0 saturated carbocycles. The van der Waals surface area contributed by atoms with Crippen LogP contribution in [0.5, 0.6) is 0 Å². The summed E-state index contributed by atoms with van der Waals surface area (Å²) in [6, 6.07) is 16.4. The normalized spacial score (nSPS) is 12.7. The van der Waals surface area contributed by atoms with Gasteiger partial charge in [-0.1, -0.05) is 51.8 Å². The Morgan fingerprint density at radius 3 is 2.60 bits per heavy atom. The van der Waals surface area contributed by atoms with Gasteiger partial charge < -0.3 is 5.73 Å². The van der Waals surface area contributed by atoms with Gasteiger partial charge >= 0.3 is 0 Å². The quantitative estimate of drug-likeness (QED) is 0.871. The van der Waals surface area contributed by atoms with Crippen molar-refractivity contribution >= 4 is 27.5 Å². The molecule has 106 valence electrons. The van der Waals surface area contributed by atoms with Gasteiger partial charge in [0.2, 0.25) is 0 Å². The topological polar surface area (TPSA) is 29.3 Å². The van der Waals surface area contributed by atoms with Gasteiger partial charge in [0, 0.05) is 28.6 Å². The lowest BCUT2D eigenvalue weighted by atomic mass is 10.1. The molecule has 0 bridgehead atoms. The predicted molar refractivity (Wildman–Crippen MR) is 88.9 cm³/mol.